The molecule has 142 valence electrons. The quantitative estimate of drug-likeness (QED) is 0.487. The van der Waals surface area contributed by atoms with Crippen LogP contribution in [0.5, 0.6) is 0 Å². The van der Waals surface area contributed by atoms with E-state index >= 15 is 0 Å². The zero-order chi connectivity index (χ0) is 19.1. The van der Waals surface area contributed by atoms with Crippen molar-refractivity contribution in [3.8, 4) is 0 Å². The van der Waals surface area contributed by atoms with E-state index in [-0.39, 0.29) is 5.91 Å². The summed E-state index contributed by atoms with van der Waals surface area (Å²) in [6.45, 7) is 3.01. The smallest absolute Gasteiger partial charge is 0.223 e. The molecule has 0 aliphatic carbocycles. The van der Waals surface area contributed by atoms with E-state index in [1.165, 1.54) is 16.7 Å². The number of nitrogens with one attached hydrogen (secondary N) is 1. The van der Waals surface area contributed by atoms with E-state index in [4.69, 9.17) is 0 Å². The highest BCUT2D eigenvalue weighted by Crippen LogP contribution is 2.22. The van der Waals surface area contributed by atoms with Crippen LogP contribution < -0.4 is 5.32 Å². The summed E-state index contributed by atoms with van der Waals surface area (Å²) in [7, 11) is 3.81. The maximum absolute atomic E-state index is 12.5. The van der Waals surface area contributed by atoms with Gasteiger partial charge in [-0.25, -0.2) is 0 Å². The molecule has 5 heteroatoms. The molecule has 2 aromatic carbocycles. The Kier molecular flexibility index (Phi) is 6.47. The second-order valence-electron chi connectivity index (χ2n) is 6.94. The number of rotatable bonds is 6. The Morgan fingerprint density at radius 1 is 1.07 bits per heavy atom. The van der Waals surface area contributed by atoms with Gasteiger partial charge in [-0.3, -0.25) is 9.79 Å². The molecule has 0 fully saturated rings. The van der Waals surface area contributed by atoms with Crippen LogP contribution in [0, 0.1) is 0 Å². The van der Waals surface area contributed by atoms with Crippen molar-refractivity contribution in [1.82, 2.24) is 15.1 Å². The number of guanidine groups is 1. The number of hydrogen-bond acceptors (Lipinski definition) is 2. The summed E-state index contributed by atoms with van der Waals surface area (Å²) in [6.07, 6.45) is 1.35. The average Bonchev–Trinajstić information content (AvgIpc) is 3.13. The molecule has 27 heavy (non-hydrogen) atoms. The molecule has 3 rings (SSSR count). The molecule has 1 aliphatic rings. The van der Waals surface area contributed by atoms with Gasteiger partial charge in [0.2, 0.25) is 5.91 Å². The second-order valence-corrected chi connectivity index (χ2v) is 6.94. The van der Waals surface area contributed by atoms with E-state index in [2.05, 4.69) is 39.5 Å². The lowest BCUT2D eigenvalue weighted by Crippen LogP contribution is -2.39. The highest BCUT2D eigenvalue weighted by molar-refractivity contribution is 5.80. The molecule has 1 amide bonds. The number of benzene rings is 2. The van der Waals surface area contributed by atoms with E-state index in [9.17, 15) is 4.79 Å². The first-order chi connectivity index (χ1) is 13.2. The van der Waals surface area contributed by atoms with Crippen LogP contribution in [0.1, 0.15) is 29.5 Å². The number of hydrogen-bond donors (Lipinski definition) is 1. The molecule has 0 atom stereocenters. The Bertz CT molecular complexity index is 763. The van der Waals surface area contributed by atoms with Crippen molar-refractivity contribution < 1.29 is 4.79 Å². The van der Waals surface area contributed by atoms with Crippen molar-refractivity contribution in [2.45, 2.75) is 32.5 Å². The minimum atomic E-state index is 0.223. The van der Waals surface area contributed by atoms with Crippen LogP contribution >= 0.6 is 0 Å². The lowest BCUT2D eigenvalue weighted by atomic mass is 10.1. The van der Waals surface area contributed by atoms with Gasteiger partial charge in [0.15, 0.2) is 5.96 Å². The van der Waals surface area contributed by atoms with E-state index in [0.29, 0.717) is 6.42 Å². The summed E-state index contributed by atoms with van der Waals surface area (Å²) in [5.74, 6) is 1.07. The van der Waals surface area contributed by atoms with Crippen molar-refractivity contribution in [2.75, 3.05) is 20.6 Å². The third-order valence-corrected chi connectivity index (χ3v) is 4.88. The minimum absolute atomic E-state index is 0.223. The van der Waals surface area contributed by atoms with Gasteiger partial charge < -0.3 is 15.1 Å². The molecular formula is C22H28N4O. The third-order valence-electron chi connectivity index (χ3n) is 4.88. The average molecular weight is 364 g/mol. The third kappa shape index (κ3) is 5.09. The number of carbonyl (C=O) groups is 1. The SMILES string of the molecule is CN=C(NCCCC(=O)N1Cc2ccccc2C1)N(C)Cc1ccccc1. The zero-order valence-corrected chi connectivity index (χ0v) is 16.2. The predicted molar refractivity (Wildman–Crippen MR) is 109 cm³/mol. The van der Waals surface area contributed by atoms with Crippen LogP contribution in [0.25, 0.3) is 0 Å². The van der Waals surface area contributed by atoms with Crippen molar-refractivity contribution in [1.29, 1.82) is 0 Å². The highest BCUT2D eigenvalue weighted by atomic mass is 16.2. The van der Waals surface area contributed by atoms with Gasteiger partial charge in [0, 0.05) is 46.7 Å². The summed E-state index contributed by atoms with van der Waals surface area (Å²) >= 11 is 0. The molecule has 0 aromatic heterocycles. The van der Waals surface area contributed by atoms with Crippen LogP contribution in [0.2, 0.25) is 0 Å². The Morgan fingerprint density at radius 2 is 1.70 bits per heavy atom. The second kappa shape index (κ2) is 9.21. The van der Waals surface area contributed by atoms with Crippen LogP contribution in [0.3, 0.4) is 0 Å². The van der Waals surface area contributed by atoms with Gasteiger partial charge in [-0.1, -0.05) is 54.6 Å². The number of aliphatic imine (C=N–C) groups is 1. The summed E-state index contributed by atoms with van der Waals surface area (Å²) < 4.78 is 0. The zero-order valence-electron chi connectivity index (χ0n) is 16.2. The van der Waals surface area contributed by atoms with Crippen molar-refractivity contribution >= 4 is 11.9 Å². The van der Waals surface area contributed by atoms with Gasteiger partial charge in [0.05, 0.1) is 0 Å². The Labute approximate surface area is 161 Å². The predicted octanol–water partition coefficient (Wildman–Crippen LogP) is 3.02. The van der Waals surface area contributed by atoms with Gasteiger partial charge in [0.1, 0.15) is 0 Å². The fraction of sp³-hybridized carbons (Fsp3) is 0.364. The maximum atomic E-state index is 12.5. The van der Waals surface area contributed by atoms with E-state index in [0.717, 1.165) is 38.6 Å². The van der Waals surface area contributed by atoms with Crippen LogP contribution in [-0.4, -0.2) is 42.3 Å². The van der Waals surface area contributed by atoms with E-state index in [1.54, 1.807) is 7.05 Å². The number of amides is 1. The Balaban J connectivity index is 1.39. The standard InChI is InChI=1S/C22H28N4O/c1-23-22(25(2)15-18-9-4-3-5-10-18)24-14-8-13-21(27)26-16-19-11-6-7-12-20(19)17-26/h3-7,9-12H,8,13-17H2,1-2H3,(H,23,24). The van der Waals surface area contributed by atoms with Crippen LogP contribution in [0.4, 0.5) is 0 Å². The monoisotopic (exact) mass is 364 g/mol. The minimum Gasteiger partial charge on any atom is -0.356 e. The molecule has 0 unspecified atom stereocenters. The van der Waals surface area contributed by atoms with Crippen LogP contribution in [0.15, 0.2) is 59.6 Å². The van der Waals surface area contributed by atoms with Crippen molar-refractivity contribution in [3.05, 3.63) is 71.3 Å². The van der Waals surface area contributed by atoms with Crippen molar-refractivity contribution in [3.63, 3.8) is 0 Å². The van der Waals surface area contributed by atoms with Gasteiger partial charge >= 0.3 is 0 Å². The molecule has 0 spiro atoms. The fourth-order valence-electron chi connectivity index (χ4n) is 3.42. The van der Waals surface area contributed by atoms with Gasteiger partial charge in [-0.2, -0.15) is 0 Å². The summed E-state index contributed by atoms with van der Waals surface area (Å²) in [4.78, 5) is 20.8. The van der Waals surface area contributed by atoms with Gasteiger partial charge in [-0.15, -0.1) is 0 Å². The summed E-state index contributed by atoms with van der Waals surface area (Å²) in [5.41, 5.74) is 3.78. The molecule has 2 aromatic rings. The fourth-order valence-corrected chi connectivity index (χ4v) is 3.42. The Hall–Kier alpha value is -2.82. The molecule has 0 radical (unpaired) electrons. The molecule has 0 saturated carbocycles. The molecule has 1 N–H and O–H groups in total. The normalized spacial score (nSPS) is 13.4. The summed E-state index contributed by atoms with van der Waals surface area (Å²) in [5, 5.41) is 3.36. The molecule has 0 saturated heterocycles. The van der Waals surface area contributed by atoms with Crippen molar-refractivity contribution in [2.24, 2.45) is 4.99 Å². The number of carbonyl (C=O) groups excluding carboxylic acids is 1. The molecule has 1 aliphatic heterocycles. The molecular weight excluding hydrogens is 336 g/mol. The number of fused-ring (bicyclic) bond motifs is 1. The lowest BCUT2D eigenvalue weighted by molar-refractivity contribution is -0.131. The first kappa shape index (κ1) is 19.0. The van der Waals surface area contributed by atoms with E-state index in [1.807, 2.05) is 42.3 Å². The highest BCUT2D eigenvalue weighted by Gasteiger charge is 2.22. The van der Waals surface area contributed by atoms with Gasteiger partial charge in [-0.05, 0) is 23.1 Å². The number of nitrogens with zero attached hydrogens (tertiary/aromatic N) is 3. The molecule has 1 heterocycles. The first-order valence-electron chi connectivity index (χ1n) is 9.47. The van der Waals surface area contributed by atoms with Gasteiger partial charge in [0.25, 0.3) is 0 Å². The lowest BCUT2D eigenvalue weighted by Gasteiger charge is -2.22. The topological polar surface area (TPSA) is 47.9 Å². The maximum Gasteiger partial charge on any atom is 0.223 e. The van der Waals surface area contributed by atoms with E-state index < -0.39 is 0 Å². The molecule has 0 bridgehead atoms. The summed E-state index contributed by atoms with van der Waals surface area (Å²) in [6, 6.07) is 18.6. The largest absolute Gasteiger partial charge is 0.356 e. The first-order valence-corrected chi connectivity index (χ1v) is 9.47. The molecule has 5 nitrogen and oxygen atoms in total. The van der Waals surface area contributed by atoms with Crippen LogP contribution in [-0.2, 0) is 24.4 Å². The Morgan fingerprint density at radius 3 is 2.33 bits per heavy atom.